The second kappa shape index (κ2) is 11.1. The fraction of sp³-hybridized carbons (Fsp3) is 0.476. The number of furan rings is 1. The maximum Gasteiger partial charge on any atom is 0.225 e. The van der Waals surface area contributed by atoms with E-state index in [9.17, 15) is 9.90 Å². The van der Waals surface area contributed by atoms with Crippen LogP contribution in [0.5, 0.6) is 5.75 Å². The predicted octanol–water partition coefficient (Wildman–Crippen LogP) is 2.72. The standard InChI is InChI=1S/C21H26NO5.Y/c1-14(2)20(23)15-5-7-17(8-6-15)27-11-16-10-22-21(24)19(16)13-25-12-18-4-3-9-26-18;/h3-8,14,16,19-20,23H,10-13H2,1-2H3,(H,22,24);/q-1;/t16-,19-,20?;/m1./s1. The molecule has 1 saturated heterocycles. The number of hydrogen-bond donors (Lipinski definition) is 2. The summed E-state index contributed by atoms with van der Waals surface area (Å²) in [5.41, 5.74) is 0.872. The van der Waals surface area contributed by atoms with Crippen LogP contribution in [0.2, 0.25) is 0 Å². The molecule has 1 unspecified atom stereocenters. The van der Waals surface area contributed by atoms with Crippen LogP contribution in [0, 0.1) is 24.0 Å². The van der Waals surface area contributed by atoms with Gasteiger partial charge in [-0.05, 0) is 35.6 Å². The van der Waals surface area contributed by atoms with E-state index in [-0.39, 0.29) is 56.4 Å². The molecular formula is C21H26NO5Y-. The number of rotatable bonds is 9. The zero-order chi connectivity index (χ0) is 19.2. The average Bonchev–Trinajstić information content (AvgIpc) is 3.30. The first-order valence-corrected chi connectivity index (χ1v) is 9.25. The number of carbonyl (C=O) groups is 1. The van der Waals surface area contributed by atoms with Crippen molar-refractivity contribution in [2.45, 2.75) is 26.6 Å². The minimum Gasteiger partial charge on any atom is -0.593 e. The summed E-state index contributed by atoms with van der Waals surface area (Å²) in [5, 5.41) is 13.0. The van der Waals surface area contributed by atoms with Crippen LogP contribution in [0.4, 0.5) is 0 Å². The number of amides is 1. The van der Waals surface area contributed by atoms with E-state index in [0.717, 1.165) is 11.3 Å². The summed E-state index contributed by atoms with van der Waals surface area (Å²) in [4.78, 5) is 12.1. The zero-order valence-electron chi connectivity index (χ0n) is 16.3. The molecule has 149 valence electrons. The summed E-state index contributed by atoms with van der Waals surface area (Å²) in [7, 11) is 0. The summed E-state index contributed by atoms with van der Waals surface area (Å²) >= 11 is 0. The van der Waals surface area contributed by atoms with Gasteiger partial charge >= 0.3 is 0 Å². The van der Waals surface area contributed by atoms with Crippen molar-refractivity contribution in [1.82, 2.24) is 5.32 Å². The normalized spacial score (nSPS) is 19.9. The van der Waals surface area contributed by atoms with Crippen molar-refractivity contribution >= 4 is 5.91 Å². The van der Waals surface area contributed by atoms with Gasteiger partial charge in [-0.2, -0.15) is 6.07 Å². The van der Waals surface area contributed by atoms with Gasteiger partial charge in [-0.1, -0.05) is 26.0 Å². The van der Waals surface area contributed by atoms with Gasteiger partial charge in [0.2, 0.25) is 5.91 Å². The maximum atomic E-state index is 12.1. The van der Waals surface area contributed by atoms with Gasteiger partial charge in [0, 0.05) is 51.8 Å². The molecule has 0 spiro atoms. The molecule has 3 rings (SSSR count). The van der Waals surface area contributed by atoms with Gasteiger partial charge in [0.1, 0.15) is 5.75 Å². The molecule has 1 aliphatic rings. The quantitative estimate of drug-likeness (QED) is 0.562. The maximum absolute atomic E-state index is 12.1. The minimum atomic E-state index is -0.482. The summed E-state index contributed by atoms with van der Waals surface area (Å²) in [6.07, 6.45) is 2.13. The molecule has 2 N–H and O–H groups in total. The monoisotopic (exact) mass is 461 g/mol. The van der Waals surface area contributed by atoms with Crippen molar-refractivity contribution < 1.29 is 56.5 Å². The third kappa shape index (κ3) is 6.15. The number of nitrogens with one attached hydrogen (secondary N) is 1. The van der Waals surface area contributed by atoms with Crippen molar-refractivity contribution in [3.63, 3.8) is 0 Å². The third-order valence-corrected chi connectivity index (χ3v) is 4.83. The Balaban J connectivity index is 0.00000280. The number of hydrogen-bond acceptors (Lipinski definition) is 5. The smallest absolute Gasteiger partial charge is 0.225 e. The van der Waals surface area contributed by atoms with Gasteiger partial charge in [0.15, 0.2) is 0 Å². The van der Waals surface area contributed by atoms with Crippen LogP contribution in [0.15, 0.2) is 40.8 Å². The van der Waals surface area contributed by atoms with Gasteiger partial charge < -0.3 is 24.3 Å². The molecule has 1 aromatic carbocycles. The second-order valence-electron chi connectivity index (χ2n) is 7.22. The van der Waals surface area contributed by atoms with E-state index in [1.807, 2.05) is 38.1 Å². The van der Waals surface area contributed by atoms with E-state index in [2.05, 4.69) is 11.6 Å². The number of ether oxygens (including phenoxy) is 2. The van der Waals surface area contributed by atoms with Gasteiger partial charge in [-0.3, -0.25) is 4.79 Å². The minimum absolute atomic E-state index is 0. The molecule has 1 radical (unpaired) electrons. The number of carbonyl (C=O) groups excluding carboxylic acids is 1. The molecule has 3 atom stereocenters. The van der Waals surface area contributed by atoms with Gasteiger partial charge in [0.25, 0.3) is 0 Å². The molecule has 7 heteroatoms. The number of benzene rings is 1. The summed E-state index contributed by atoms with van der Waals surface area (Å²) in [5.74, 6) is 1.36. The molecule has 28 heavy (non-hydrogen) atoms. The Kier molecular flexibility index (Phi) is 9.15. The molecule has 0 bridgehead atoms. The molecule has 0 aliphatic carbocycles. The number of aliphatic hydroxyl groups excluding tert-OH is 1. The van der Waals surface area contributed by atoms with E-state index in [4.69, 9.17) is 13.9 Å². The fourth-order valence-corrected chi connectivity index (χ4v) is 3.09. The molecule has 1 fully saturated rings. The van der Waals surface area contributed by atoms with Crippen LogP contribution >= 0.6 is 0 Å². The molecule has 2 heterocycles. The van der Waals surface area contributed by atoms with E-state index in [0.29, 0.717) is 32.1 Å². The van der Waals surface area contributed by atoms with Gasteiger partial charge in [-0.25, -0.2) is 0 Å². The van der Waals surface area contributed by atoms with Crippen molar-refractivity contribution in [1.29, 1.82) is 0 Å². The molecule has 6 nitrogen and oxygen atoms in total. The van der Waals surface area contributed by atoms with Crippen molar-refractivity contribution in [3.05, 3.63) is 54.0 Å². The topological polar surface area (TPSA) is 80.9 Å². The van der Waals surface area contributed by atoms with Crippen LogP contribution in [0.1, 0.15) is 31.3 Å². The van der Waals surface area contributed by atoms with Gasteiger partial charge in [-0.15, -0.1) is 6.07 Å². The zero-order valence-corrected chi connectivity index (χ0v) is 19.1. The molecule has 1 aromatic heterocycles. The Morgan fingerprint density at radius 3 is 2.64 bits per heavy atom. The molecule has 2 aromatic rings. The summed E-state index contributed by atoms with van der Waals surface area (Å²) in [6.45, 7) is 5.59. The van der Waals surface area contributed by atoms with Crippen LogP contribution in [-0.4, -0.2) is 30.8 Å². The Bertz CT molecular complexity index is 717. The summed E-state index contributed by atoms with van der Waals surface area (Å²) in [6, 6.07) is 10.9. The molecule has 1 aliphatic heterocycles. The first-order chi connectivity index (χ1) is 13.0. The van der Waals surface area contributed by atoms with E-state index in [1.54, 1.807) is 12.1 Å². The van der Waals surface area contributed by atoms with Gasteiger partial charge in [0.05, 0.1) is 25.2 Å². The van der Waals surface area contributed by atoms with Crippen molar-refractivity contribution in [3.8, 4) is 5.75 Å². The van der Waals surface area contributed by atoms with Crippen molar-refractivity contribution in [2.24, 2.45) is 17.8 Å². The third-order valence-electron chi connectivity index (χ3n) is 4.83. The van der Waals surface area contributed by atoms with E-state index >= 15 is 0 Å². The Hall–Kier alpha value is -1.21. The number of aliphatic hydroxyl groups is 1. The van der Waals surface area contributed by atoms with Crippen LogP contribution < -0.4 is 10.1 Å². The predicted molar refractivity (Wildman–Crippen MR) is 98.9 cm³/mol. The fourth-order valence-electron chi connectivity index (χ4n) is 3.09. The second-order valence-corrected chi connectivity index (χ2v) is 7.22. The Labute approximate surface area is 190 Å². The Morgan fingerprint density at radius 2 is 2.00 bits per heavy atom. The van der Waals surface area contributed by atoms with E-state index in [1.165, 1.54) is 0 Å². The SMILES string of the molecule is CC(C)C(O)c1ccc(OC[C@H]2CNC(=O)[C@@H]2COCc2cc[c-]o2)cc1.[Y]. The van der Waals surface area contributed by atoms with Crippen molar-refractivity contribution in [2.75, 3.05) is 19.8 Å². The Morgan fingerprint density at radius 1 is 1.25 bits per heavy atom. The summed E-state index contributed by atoms with van der Waals surface area (Å²) < 4.78 is 16.6. The average molecular weight is 461 g/mol. The van der Waals surface area contributed by atoms with E-state index < -0.39 is 6.10 Å². The largest absolute Gasteiger partial charge is 0.593 e. The van der Waals surface area contributed by atoms with Crippen LogP contribution in [-0.2, 0) is 48.8 Å². The van der Waals surface area contributed by atoms with Crippen LogP contribution in [0.25, 0.3) is 0 Å². The van der Waals surface area contributed by atoms with Crippen LogP contribution in [0.3, 0.4) is 0 Å². The molecule has 1 amide bonds. The molecular weight excluding hydrogens is 435 g/mol. The molecule has 0 saturated carbocycles. The first-order valence-electron chi connectivity index (χ1n) is 9.25. The first kappa shape index (κ1) is 23.1.